The van der Waals surface area contributed by atoms with E-state index in [0.29, 0.717) is 18.9 Å². The van der Waals surface area contributed by atoms with Crippen LogP contribution in [0.5, 0.6) is 5.75 Å². The largest absolute Gasteiger partial charge is 0.497 e. The molecule has 1 atom stereocenters. The summed E-state index contributed by atoms with van der Waals surface area (Å²) in [5, 5.41) is 0.793. The molecule has 1 aliphatic heterocycles. The second kappa shape index (κ2) is 11.4. The van der Waals surface area contributed by atoms with Gasteiger partial charge in [-0.25, -0.2) is 4.98 Å². The number of thioether (sulfide) groups is 1. The fourth-order valence-corrected chi connectivity index (χ4v) is 5.92. The lowest BCUT2D eigenvalue weighted by Gasteiger charge is -2.23. The van der Waals surface area contributed by atoms with Gasteiger partial charge in [0.05, 0.1) is 30.0 Å². The van der Waals surface area contributed by atoms with Gasteiger partial charge in [0.25, 0.3) is 0 Å². The van der Waals surface area contributed by atoms with Gasteiger partial charge in [-0.15, -0.1) is 11.8 Å². The number of carbonyl (C=O) groups excluding carboxylic acids is 1. The van der Waals surface area contributed by atoms with E-state index in [1.165, 1.54) is 10.5 Å². The Hall–Kier alpha value is -2.09. The van der Waals surface area contributed by atoms with E-state index in [1.807, 2.05) is 17.0 Å². The lowest BCUT2D eigenvalue weighted by molar-refractivity contribution is -0.119. The summed E-state index contributed by atoms with van der Waals surface area (Å²) in [6.45, 7) is 5.73. The van der Waals surface area contributed by atoms with Crippen LogP contribution < -0.4 is 9.64 Å². The topological polar surface area (TPSA) is 51.7 Å². The summed E-state index contributed by atoms with van der Waals surface area (Å²) in [7, 11) is 1.67. The van der Waals surface area contributed by atoms with Gasteiger partial charge in [0.2, 0.25) is 5.91 Å². The lowest BCUT2D eigenvalue weighted by Crippen LogP contribution is -2.37. The minimum atomic E-state index is 0.0965. The average molecular weight is 485 g/mol. The Balaban J connectivity index is 1.44. The van der Waals surface area contributed by atoms with Gasteiger partial charge in [-0.3, -0.25) is 9.69 Å². The van der Waals surface area contributed by atoms with Gasteiger partial charge in [0.15, 0.2) is 5.13 Å². The van der Waals surface area contributed by atoms with Crippen molar-refractivity contribution in [3.63, 3.8) is 0 Å². The predicted octanol–water partition coefficient (Wildman–Crippen LogP) is 6.51. The maximum absolute atomic E-state index is 13.3. The van der Waals surface area contributed by atoms with Crippen LogP contribution in [0.1, 0.15) is 51.0 Å². The van der Waals surface area contributed by atoms with E-state index in [2.05, 4.69) is 44.2 Å². The number of thiazole rings is 1. The molecule has 0 saturated carbocycles. The van der Waals surface area contributed by atoms with Gasteiger partial charge in [-0.2, -0.15) is 0 Å². The van der Waals surface area contributed by atoms with E-state index in [4.69, 9.17) is 14.5 Å². The molecular formula is C26H32N2O3S2. The molecular weight excluding hydrogens is 452 g/mol. The molecule has 2 heterocycles. The number of aromatic nitrogens is 1. The third-order valence-electron chi connectivity index (χ3n) is 5.87. The summed E-state index contributed by atoms with van der Waals surface area (Å²) in [5.74, 6) is 2.27. The fraction of sp³-hybridized carbons (Fsp3) is 0.462. The Kier molecular flexibility index (Phi) is 8.28. The second-order valence-corrected chi connectivity index (χ2v) is 10.8. The van der Waals surface area contributed by atoms with Crippen molar-refractivity contribution in [2.24, 2.45) is 0 Å². The molecule has 4 rings (SSSR count). The van der Waals surface area contributed by atoms with E-state index < -0.39 is 0 Å². The van der Waals surface area contributed by atoms with Crippen molar-refractivity contribution in [3.05, 3.63) is 48.0 Å². The van der Waals surface area contributed by atoms with Crippen LogP contribution in [0.3, 0.4) is 0 Å². The number of carbonyl (C=O) groups is 1. The van der Waals surface area contributed by atoms with Crippen molar-refractivity contribution in [1.29, 1.82) is 0 Å². The zero-order valence-electron chi connectivity index (χ0n) is 19.6. The quantitative estimate of drug-likeness (QED) is 0.242. The Labute approximate surface area is 204 Å². The number of ether oxygens (including phenoxy) is 2. The highest BCUT2D eigenvalue weighted by Crippen LogP contribution is 2.34. The Bertz CT molecular complexity index is 1060. The van der Waals surface area contributed by atoms with Gasteiger partial charge < -0.3 is 9.47 Å². The Morgan fingerprint density at radius 2 is 2.09 bits per heavy atom. The molecule has 0 bridgehead atoms. The minimum absolute atomic E-state index is 0.0965. The van der Waals surface area contributed by atoms with Crippen molar-refractivity contribution in [2.45, 2.75) is 56.4 Å². The maximum Gasteiger partial charge on any atom is 0.228 e. The highest BCUT2D eigenvalue weighted by Gasteiger charge is 2.26. The molecule has 1 saturated heterocycles. The van der Waals surface area contributed by atoms with Crippen molar-refractivity contribution < 1.29 is 14.3 Å². The molecule has 0 aliphatic carbocycles. The van der Waals surface area contributed by atoms with E-state index in [1.54, 1.807) is 30.2 Å². The van der Waals surface area contributed by atoms with Gasteiger partial charge in [0.1, 0.15) is 5.75 Å². The number of benzene rings is 2. The smallest absolute Gasteiger partial charge is 0.228 e. The Morgan fingerprint density at radius 1 is 1.27 bits per heavy atom. The van der Waals surface area contributed by atoms with Crippen LogP contribution in [0.25, 0.3) is 10.2 Å². The first-order valence-electron chi connectivity index (χ1n) is 11.6. The summed E-state index contributed by atoms with van der Waals surface area (Å²) in [5.41, 5.74) is 2.25. The molecule has 1 aliphatic rings. The van der Waals surface area contributed by atoms with Gasteiger partial charge in [-0.05, 0) is 66.8 Å². The summed E-state index contributed by atoms with van der Waals surface area (Å²) < 4.78 is 12.2. The third-order valence-corrected chi connectivity index (χ3v) is 8.01. The molecule has 1 aromatic heterocycles. The summed E-state index contributed by atoms with van der Waals surface area (Å²) in [6.07, 6.45) is 3.48. The highest BCUT2D eigenvalue weighted by molar-refractivity contribution is 7.99. The number of anilines is 1. The highest BCUT2D eigenvalue weighted by atomic mass is 32.2. The van der Waals surface area contributed by atoms with E-state index >= 15 is 0 Å². The number of rotatable bonds is 10. The van der Waals surface area contributed by atoms with Crippen LogP contribution in [0.15, 0.2) is 47.4 Å². The summed E-state index contributed by atoms with van der Waals surface area (Å²) >= 11 is 3.38. The minimum Gasteiger partial charge on any atom is -0.497 e. The normalized spacial score (nSPS) is 15.9. The number of nitrogens with zero attached hydrogens (tertiary/aromatic N) is 2. The monoisotopic (exact) mass is 484 g/mol. The third kappa shape index (κ3) is 6.08. The van der Waals surface area contributed by atoms with Crippen LogP contribution in [-0.4, -0.2) is 43.0 Å². The maximum atomic E-state index is 13.3. The zero-order chi connectivity index (χ0) is 23.2. The molecule has 1 unspecified atom stereocenters. The number of hydrogen-bond acceptors (Lipinski definition) is 6. The first kappa shape index (κ1) is 24.0. The van der Waals surface area contributed by atoms with Crippen molar-refractivity contribution in [1.82, 2.24) is 4.98 Å². The predicted molar refractivity (Wildman–Crippen MR) is 138 cm³/mol. The zero-order valence-corrected chi connectivity index (χ0v) is 21.2. The van der Waals surface area contributed by atoms with Crippen LogP contribution in [0.2, 0.25) is 0 Å². The van der Waals surface area contributed by atoms with Crippen molar-refractivity contribution in [3.8, 4) is 5.75 Å². The van der Waals surface area contributed by atoms with Crippen LogP contribution in [0, 0.1) is 0 Å². The number of fused-ring (bicyclic) bond motifs is 1. The van der Waals surface area contributed by atoms with Gasteiger partial charge >= 0.3 is 0 Å². The van der Waals surface area contributed by atoms with E-state index in [0.717, 1.165) is 52.7 Å². The number of hydrogen-bond donors (Lipinski definition) is 0. The standard InChI is InChI=1S/C26H32N2O3S2/c1-18(2)22-8-4-9-23-25(22)27-26(33-23)28(17-20-7-5-15-31-20)24(29)10-6-16-32-21-13-11-19(30-3)12-14-21/h4,8-9,11-14,18,20H,5-7,10,15-17H2,1-3H3. The molecule has 3 aromatic rings. The molecule has 1 fully saturated rings. The van der Waals surface area contributed by atoms with E-state index in [-0.39, 0.29) is 12.0 Å². The molecule has 33 heavy (non-hydrogen) atoms. The van der Waals surface area contributed by atoms with Crippen LogP contribution >= 0.6 is 23.1 Å². The number of amides is 1. The van der Waals surface area contributed by atoms with Gasteiger partial charge in [-0.1, -0.05) is 37.3 Å². The molecule has 0 N–H and O–H groups in total. The molecule has 7 heteroatoms. The fourth-order valence-electron chi connectivity index (χ4n) is 4.04. The number of methoxy groups -OCH3 is 1. The van der Waals surface area contributed by atoms with Crippen molar-refractivity contribution >= 4 is 44.4 Å². The average Bonchev–Trinajstić information content (AvgIpc) is 3.49. The first-order valence-corrected chi connectivity index (χ1v) is 13.4. The molecule has 0 spiro atoms. The lowest BCUT2D eigenvalue weighted by atomic mass is 10.0. The molecule has 176 valence electrons. The molecule has 1 amide bonds. The molecule has 0 radical (unpaired) electrons. The van der Waals surface area contributed by atoms with Crippen LogP contribution in [-0.2, 0) is 9.53 Å². The summed E-state index contributed by atoms with van der Waals surface area (Å²) in [4.78, 5) is 21.3. The molecule has 2 aromatic carbocycles. The van der Waals surface area contributed by atoms with Gasteiger partial charge in [0, 0.05) is 17.9 Å². The van der Waals surface area contributed by atoms with Crippen molar-refractivity contribution in [2.75, 3.05) is 30.9 Å². The second-order valence-electron chi connectivity index (χ2n) is 8.61. The SMILES string of the molecule is COc1ccc(SCCCC(=O)N(CC2CCCO2)c2nc3c(C(C)C)cccc3s2)cc1. The number of para-hydroxylation sites is 1. The Morgan fingerprint density at radius 3 is 2.79 bits per heavy atom. The van der Waals surface area contributed by atoms with E-state index in [9.17, 15) is 4.79 Å². The first-order chi connectivity index (χ1) is 16.0. The van der Waals surface area contributed by atoms with Crippen LogP contribution in [0.4, 0.5) is 5.13 Å². The summed E-state index contributed by atoms with van der Waals surface area (Å²) in [6, 6.07) is 14.4. The molecule has 5 nitrogen and oxygen atoms in total.